The third-order valence-electron chi connectivity index (χ3n) is 5.33. The van der Waals surface area contributed by atoms with Gasteiger partial charge in [0.05, 0.1) is 24.0 Å². The first kappa shape index (κ1) is 23.3. The second kappa shape index (κ2) is 11.3. The van der Waals surface area contributed by atoms with E-state index < -0.39 is 59.6 Å². The Morgan fingerprint density at radius 1 is 1.13 bits per heavy atom. The van der Waals surface area contributed by atoms with Gasteiger partial charge < -0.3 is 30.0 Å². The molecule has 0 aliphatic carbocycles. The van der Waals surface area contributed by atoms with Crippen molar-refractivity contribution in [1.82, 2.24) is 4.98 Å². The molecule has 2 heterocycles. The second-order valence-electron chi connectivity index (χ2n) is 8.06. The third kappa shape index (κ3) is 6.74. The molecular weight excluding hydrogens is 526 g/mol. The number of aromatic nitrogens is 1. The van der Waals surface area contributed by atoms with Crippen molar-refractivity contribution in [2.45, 2.75) is 19.2 Å². The zero-order valence-electron chi connectivity index (χ0n) is 22.8. The lowest BCUT2D eigenvalue weighted by Gasteiger charge is -2.19. The zero-order chi connectivity index (χ0) is 30.7. The number of alkyl halides is 3. The van der Waals surface area contributed by atoms with E-state index >= 15 is 4.39 Å². The van der Waals surface area contributed by atoms with Crippen LogP contribution in [0.25, 0.3) is 5.57 Å². The van der Waals surface area contributed by atoms with Crippen LogP contribution in [0.5, 0.6) is 23.0 Å². The normalized spacial score (nSPS) is 14.6. The Kier molecular flexibility index (Phi) is 6.75. The number of carbonyl (C=O) groups excluding carboxylic acids is 2. The first-order chi connectivity index (χ1) is 19.7. The monoisotopic (exact) mass is 550 g/mol. The number of carbonyl (C=O) groups is 2. The van der Waals surface area contributed by atoms with Gasteiger partial charge in [0.25, 0.3) is 11.8 Å². The van der Waals surface area contributed by atoms with Crippen LogP contribution in [0.1, 0.15) is 43.4 Å². The summed E-state index contributed by atoms with van der Waals surface area (Å²) in [7, 11) is -3.13. The van der Waals surface area contributed by atoms with E-state index in [1.54, 1.807) is 0 Å². The molecule has 3 N–H and O–H groups in total. The van der Waals surface area contributed by atoms with Crippen LogP contribution in [-0.2, 0) is 4.74 Å². The summed E-state index contributed by atoms with van der Waals surface area (Å²) in [6.45, 7) is 0.442. The summed E-state index contributed by atoms with van der Waals surface area (Å²) >= 11 is 0. The van der Waals surface area contributed by atoms with Crippen LogP contribution in [0.15, 0.2) is 54.9 Å². The summed E-state index contributed by atoms with van der Waals surface area (Å²) in [5, 5.41) is 2.39. The average Bonchev–Trinajstić information content (AvgIpc) is 2.88. The molecule has 4 rings (SSSR count). The molecule has 0 saturated carbocycles. The molecule has 204 valence electrons. The average molecular weight is 550 g/mol. The van der Waals surface area contributed by atoms with Gasteiger partial charge >= 0.3 is 6.36 Å². The predicted octanol–water partition coefficient (Wildman–Crippen LogP) is 5.42. The minimum Gasteiger partial charge on any atom is -0.501 e. The topological polar surface area (TPSA) is 122 Å². The van der Waals surface area contributed by atoms with E-state index in [1.165, 1.54) is 24.6 Å². The van der Waals surface area contributed by atoms with Gasteiger partial charge in [-0.05, 0) is 60.4 Å². The van der Waals surface area contributed by atoms with E-state index in [0.29, 0.717) is 31.1 Å². The predicted molar refractivity (Wildman–Crippen MR) is 130 cm³/mol. The smallest absolute Gasteiger partial charge is 0.501 e. The quantitative estimate of drug-likeness (QED) is 0.359. The number of anilines is 1. The standard InChI is InChI=1S/C26H21F4N3O6/c1-36-21-12-17(39-26(28,29)30)4-5-20(21)38-22-10-15(14-3-2-8-37-13-14)9-18(27)23(22)25(35)33-16-6-7-32-19(11-16)24(31)34/h4-7,9-13H,2-3,8H2,1H3,(H2,31,34)(H,32,33,35)/i1D3. The molecule has 1 aromatic heterocycles. The molecular formula is C26H21F4N3O6. The fourth-order valence-corrected chi connectivity index (χ4v) is 3.65. The molecule has 0 fully saturated rings. The number of nitrogens with one attached hydrogen (secondary N) is 1. The number of ether oxygens (including phenoxy) is 4. The van der Waals surface area contributed by atoms with Crippen LogP contribution in [0.2, 0.25) is 0 Å². The molecule has 13 heteroatoms. The van der Waals surface area contributed by atoms with Gasteiger partial charge in [0.1, 0.15) is 28.6 Å². The highest BCUT2D eigenvalue weighted by Crippen LogP contribution is 2.39. The number of pyridine rings is 1. The van der Waals surface area contributed by atoms with Gasteiger partial charge in [-0.25, -0.2) is 4.39 Å². The Labute approximate surface area is 223 Å². The molecule has 3 aromatic rings. The number of nitrogens with two attached hydrogens (primary N) is 1. The maximum atomic E-state index is 15.6. The lowest BCUT2D eigenvalue weighted by atomic mass is 9.98. The fourth-order valence-electron chi connectivity index (χ4n) is 3.65. The van der Waals surface area contributed by atoms with Crippen molar-refractivity contribution in [3.8, 4) is 23.0 Å². The molecule has 1 aliphatic rings. The number of amides is 2. The number of hydrogen-bond donors (Lipinski definition) is 2. The molecule has 0 bridgehead atoms. The maximum absolute atomic E-state index is 15.6. The molecule has 0 unspecified atom stereocenters. The van der Waals surface area contributed by atoms with Crippen LogP contribution in [-0.4, -0.2) is 36.8 Å². The molecule has 2 aromatic carbocycles. The first-order valence-electron chi connectivity index (χ1n) is 12.7. The summed E-state index contributed by atoms with van der Waals surface area (Å²) in [6, 6.07) is 7.13. The van der Waals surface area contributed by atoms with Crippen molar-refractivity contribution in [3.05, 3.63) is 77.6 Å². The molecule has 0 saturated heterocycles. The van der Waals surface area contributed by atoms with Crippen LogP contribution in [0.4, 0.5) is 23.2 Å². The number of halogens is 4. The summed E-state index contributed by atoms with van der Waals surface area (Å²) in [5.74, 6) is -5.45. The van der Waals surface area contributed by atoms with Crippen LogP contribution in [0, 0.1) is 5.82 Å². The minimum absolute atomic E-state index is 0.0293. The van der Waals surface area contributed by atoms with E-state index in [0.717, 1.165) is 24.3 Å². The van der Waals surface area contributed by atoms with Gasteiger partial charge in [0, 0.05) is 18.0 Å². The summed E-state index contributed by atoms with van der Waals surface area (Å²) in [4.78, 5) is 28.5. The van der Waals surface area contributed by atoms with Crippen molar-refractivity contribution in [3.63, 3.8) is 0 Å². The number of allylic oxidation sites excluding steroid dienone is 1. The largest absolute Gasteiger partial charge is 0.573 e. The molecule has 0 radical (unpaired) electrons. The number of primary amides is 1. The molecule has 2 amide bonds. The zero-order valence-corrected chi connectivity index (χ0v) is 19.8. The van der Waals surface area contributed by atoms with Gasteiger partial charge in [0.2, 0.25) is 0 Å². The van der Waals surface area contributed by atoms with Gasteiger partial charge in [-0.15, -0.1) is 13.2 Å². The highest BCUT2D eigenvalue weighted by molar-refractivity contribution is 6.07. The summed E-state index contributed by atoms with van der Waals surface area (Å²) in [5.41, 5.74) is 5.22. The lowest BCUT2D eigenvalue weighted by Crippen LogP contribution is -2.18. The van der Waals surface area contributed by atoms with E-state index in [2.05, 4.69) is 15.0 Å². The fraction of sp³-hybridized carbons (Fsp3) is 0.192. The molecule has 39 heavy (non-hydrogen) atoms. The number of rotatable bonds is 8. The van der Waals surface area contributed by atoms with Crippen LogP contribution >= 0.6 is 0 Å². The second-order valence-corrected chi connectivity index (χ2v) is 8.06. The lowest BCUT2D eigenvalue weighted by molar-refractivity contribution is -0.274. The number of benzene rings is 2. The molecule has 1 aliphatic heterocycles. The Hall–Kier alpha value is -4.81. The molecule has 0 spiro atoms. The van der Waals surface area contributed by atoms with E-state index in [-0.39, 0.29) is 16.9 Å². The van der Waals surface area contributed by atoms with E-state index in [1.807, 2.05) is 0 Å². The number of hydrogen-bond acceptors (Lipinski definition) is 7. The van der Waals surface area contributed by atoms with Crippen LogP contribution < -0.4 is 25.3 Å². The minimum atomic E-state index is -5.10. The van der Waals surface area contributed by atoms with E-state index in [4.69, 9.17) is 24.1 Å². The summed E-state index contributed by atoms with van der Waals surface area (Å²) < 4.78 is 95.8. The van der Waals surface area contributed by atoms with Crippen LogP contribution in [0.3, 0.4) is 0 Å². The Bertz CT molecular complexity index is 1550. The molecule has 9 nitrogen and oxygen atoms in total. The Balaban J connectivity index is 1.79. The Morgan fingerprint density at radius 3 is 2.64 bits per heavy atom. The van der Waals surface area contributed by atoms with Crippen molar-refractivity contribution < 1.29 is 50.2 Å². The molecule has 0 atom stereocenters. The first-order valence-corrected chi connectivity index (χ1v) is 11.2. The third-order valence-corrected chi connectivity index (χ3v) is 5.33. The summed E-state index contributed by atoms with van der Waals surface area (Å²) in [6.07, 6.45) is -1.39. The number of nitrogens with zero attached hydrogens (tertiary/aromatic N) is 1. The SMILES string of the molecule is [2H]C([2H])([2H])Oc1cc(OC(F)(F)F)ccc1Oc1cc(C2=COCCC2)cc(F)c1C(=O)Nc1ccnc(C(N)=O)c1. The van der Waals surface area contributed by atoms with Crippen molar-refractivity contribution in [2.24, 2.45) is 5.73 Å². The highest BCUT2D eigenvalue weighted by atomic mass is 19.4. The van der Waals surface area contributed by atoms with Crippen molar-refractivity contribution in [2.75, 3.05) is 19.0 Å². The van der Waals surface area contributed by atoms with Gasteiger partial charge in [-0.1, -0.05) is 0 Å². The van der Waals surface area contributed by atoms with Gasteiger partial charge in [-0.3, -0.25) is 14.6 Å². The Morgan fingerprint density at radius 2 is 1.95 bits per heavy atom. The van der Waals surface area contributed by atoms with E-state index in [9.17, 15) is 22.8 Å². The number of methoxy groups -OCH3 is 1. The highest BCUT2D eigenvalue weighted by Gasteiger charge is 2.31. The maximum Gasteiger partial charge on any atom is 0.573 e. The van der Waals surface area contributed by atoms with Gasteiger partial charge in [-0.2, -0.15) is 0 Å². The van der Waals surface area contributed by atoms with Gasteiger partial charge in [0.15, 0.2) is 11.5 Å². The van der Waals surface area contributed by atoms with Crippen molar-refractivity contribution in [1.29, 1.82) is 0 Å². The van der Waals surface area contributed by atoms with Crippen molar-refractivity contribution >= 4 is 23.1 Å².